The molecule has 0 fully saturated rings. The number of phenols is 1. The van der Waals surface area contributed by atoms with Crippen LogP contribution in [0.4, 0.5) is 0 Å². The average molecular weight is 400 g/mol. The van der Waals surface area contributed by atoms with Crippen molar-refractivity contribution < 1.29 is 5.11 Å². The number of nitrogens with zero attached hydrogens (tertiary/aromatic N) is 2. The van der Waals surface area contributed by atoms with Crippen molar-refractivity contribution in [3.05, 3.63) is 92.2 Å². The third kappa shape index (κ3) is 3.45. The molecule has 0 spiro atoms. The van der Waals surface area contributed by atoms with E-state index in [1.807, 2.05) is 30.3 Å². The fraction of sp³-hybridized carbons (Fsp3) is 0.0870. The number of aromatic hydroxyl groups is 1. The first-order valence-electron chi connectivity index (χ1n) is 9.31. The highest BCUT2D eigenvalue weighted by molar-refractivity contribution is 5.75. The zero-order chi connectivity index (χ0) is 21.3. The Morgan fingerprint density at radius 2 is 1.23 bits per heavy atom. The van der Waals surface area contributed by atoms with Crippen LogP contribution in [0.5, 0.6) is 5.75 Å². The maximum Gasteiger partial charge on any atom is 0.274 e. The molecule has 0 atom stereocenters. The number of benzene rings is 2. The lowest BCUT2D eigenvalue weighted by atomic mass is 10.1. The number of rotatable bonds is 4. The van der Waals surface area contributed by atoms with Gasteiger partial charge in [-0.25, -0.2) is 0 Å². The van der Waals surface area contributed by atoms with Crippen LogP contribution in [-0.4, -0.2) is 24.7 Å². The van der Waals surface area contributed by atoms with Gasteiger partial charge in [0, 0.05) is 25.2 Å². The van der Waals surface area contributed by atoms with Crippen LogP contribution in [0.15, 0.2) is 69.9 Å². The Morgan fingerprint density at radius 1 is 0.767 bits per heavy atom. The third-order valence-corrected chi connectivity index (χ3v) is 4.84. The second-order valence-corrected chi connectivity index (χ2v) is 6.90. The summed E-state index contributed by atoms with van der Waals surface area (Å²) in [5.74, 6) is 0.144. The first-order valence-corrected chi connectivity index (χ1v) is 9.31. The van der Waals surface area contributed by atoms with Gasteiger partial charge in [-0.3, -0.25) is 29.2 Å². The highest BCUT2D eigenvalue weighted by Gasteiger charge is 2.13. The Labute approximate surface area is 171 Å². The largest absolute Gasteiger partial charge is 0.508 e. The van der Waals surface area contributed by atoms with Gasteiger partial charge < -0.3 is 5.11 Å². The first-order chi connectivity index (χ1) is 14.5. The number of hydrogen-bond acceptors (Lipinski definition) is 3. The Bertz CT molecular complexity index is 1380. The van der Waals surface area contributed by atoms with Crippen molar-refractivity contribution in [3.8, 4) is 28.3 Å². The molecule has 4 aromatic rings. The van der Waals surface area contributed by atoms with E-state index in [-0.39, 0.29) is 16.9 Å². The van der Waals surface area contributed by atoms with E-state index >= 15 is 0 Å². The molecule has 0 amide bonds. The maximum absolute atomic E-state index is 12.6. The Morgan fingerprint density at radius 3 is 1.73 bits per heavy atom. The van der Waals surface area contributed by atoms with Gasteiger partial charge in [0.15, 0.2) is 0 Å². The van der Waals surface area contributed by atoms with Crippen molar-refractivity contribution in [2.45, 2.75) is 0 Å². The van der Waals surface area contributed by atoms with E-state index in [9.17, 15) is 14.7 Å². The molecule has 2 aromatic carbocycles. The lowest BCUT2D eigenvalue weighted by molar-refractivity contribution is 0.475. The predicted molar refractivity (Wildman–Crippen MR) is 117 cm³/mol. The van der Waals surface area contributed by atoms with E-state index in [0.29, 0.717) is 22.5 Å². The minimum absolute atomic E-state index is 0.144. The van der Waals surface area contributed by atoms with E-state index in [1.54, 1.807) is 50.5 Å². The van der Waals surface area contributed by atoms with Crippen LogP contribution in [0.25, 0.3) is 34.7 Å². The number of H-pyrrole nitrogens is 2. The summed E-state index contributed by atoms with van der Waals surface area (Å²) in [7, 11) is 3.28. The fourth-order valence-corrected chi connectivity index (χ4v) is 3.28. The van der Waals surface area contributed by atoms with Crippen LogP contribution in [0.3, 0.4) is 0 Å². The molecule has 0 unspecified atom stereocenters. The SMILES string of the molecule is Cn1[nH]c(-c2ccccc2)c(C=C=Cc2c(-c3ccc(O)cc3)[nH]n(C)c2=O)c1=O. The molecule has 2 heterocycles. The van der Waals surface area contributed by atoms with E-state index in [0.717, 1.165) is 11.1 Å². The van der Waals surface area contributed by atoms with Crippen molar-refractivity contribution in [3.63, 3.8) is 0 Å². The van der Waals surface area contributed by atoms with Gasteiger partial charge in [0.05, 0.1) is 22.5 Å². The number of hydrogen-bond donors (Lipinski definition) is 3. The quantitative estimate of drug-likeness (QED) is 0.459. The van der Waals surface area contributed by atoms with Crippen LogP contribution in [0.2, 0.25) is 0 Å². The van der Waals surface area contributed by atoms with Crippen molar-refractivity contribution in [1.82, 2.24) is 19.6 Å². The molecular weight excluding hydrogens is 380 g/mol. The molecule has 0 aliphatic heterocycles. The van der Waals surface area contributed by atoms with Gasteiger partial charge in [-0.15, -0.1) is 5.73 Å². The zero-order valence-corrected chi connectivity index (χ0v) is 16.5. The number of aromatic amines is 2. The number of nitrogens with one attached hydrogen (secondary N) is 2. The summed E-state index contributed by atoms with van der Waals surface area (Å²) < 4.78 is 2.79. The minimum atomic E-state index is -0.218. The van der Waals surface area contributed by atoms with Crippen LogP contribution in [0.1, 0.15) is 11.1 Å². The van der Waals surface area contributed by atoms with Crippen LogP contribution >= 0.6 is 0 Å². The molecule has 150 valence electrons. The molecule has 0 aliphatic rings. The lowest BCUT2D eigenvalue weighted by Crippen LogP contribution is -2.13. The topological polar surface area (TPSA) is 95.8 Å². The molecule has 30 heavy (non-hydrogen) atoms. The Hall–Kier alpha value is -4.22. The van der Waals surface area contributed by atoms with Gasteiger partial charge in [0.2, 0.25) is 0 Å². The first kappa shape index (κ1) is 19.1. The maximum atomic E-state index is 12.6. The van der Waals surface area contributed by atoms with Gasteiger partial charge in [0.1, 0.15) is 5.75 Å². The van der Waals surface area contributed by atoms with E-state index < -0.39 is 0 Å². The zero-order valence-electron chi connectivity index (χ0n) is 16.5. The standard InChI is InChI=1S/C23H20N4O3/c1-26-22(29)18(20(24-26)15-7-4-3-5-8-15)9-6-10-19-21(25-27(2)23(19)30)16-11-13-17(28)14-12-16/h3-5,7-14,24-25,28H,1-2H3. The van der Waals surface area contributed by atoms with Crippen LogP contribution in [0, 0.1) is 0 Å². The van der Waals surface area contributed by atoms with E-state index in [2.05, 4.69) is 15.9 Å². The molecule has 3 N–H and O–H groups in total. The molecule has 4 rings (SSSR count). The van der Waals surface area contributed by atoms with Gasteiger partial charge in [-0.2, -0.15) is 0 Å². The minimum Gasteiger partial charge on any atom is -0.508 e. The third-order valence-electron chi connectivity index (χ3n) is 4.84. The molecular formula is C23H20N4O3. The normalized spacial score (nSPS) is 10.6. The summed E-state index contributed by atoms with van der Waals surface area (Å²) in [4.78, 5) is 25.1. The Kier molecular flexibility index (Phi) is 4.88. The average Bonchev–Trinajstić information content (AvgIpc) is 3.20. The number of aromatic nitrogens is 4. The summed E-state index contributed by atoms with van der Waals surface area (Å²) >= 11 is 0. The molecule has 0 saturated carbocycles. The summed E-state index contributed by atoms with van der Waals surface area (Å²) in [6, 6.07) is 16.1. The summed E-state index contributed by atoms with van der Waals surface area (Å²) in [5.41, 5.74) is 6.38. The lowest BCUT2D eigenvalue weighted by Gasteiger charge is -1.99. The number of aryl methyl sites for hydroxylation is 2. The summed E-state index contributed by atoms with van der Waals surface area (Å²) in [6.07, 6.45) is 3.14. The monoisotopic (exact) mass is 400 g/mol. The summed E-state index contributed by atoms with van der Waals surface area (Å²) in [5, 5.41) is 15.6. The van der Waals surface area contributed by atoms with Crippen molar-refractivity contribution in [2.24, 2.45) is 14.1 Å². The second kappa shape index (κ2) is 7.66. The molecule has 7 nitrogen and oxygen atoms in total. The van der Waals surface area contributed by atoms with Crippen molar-refractivity contribution in [1.29, 1.82) is 0 Å². The van der Waals surface area contributed by atoms with E-state index in [4.69, 9.17) is 0 Å². The molecule has 0 saturated heterocycles. The summed E-state index contributed by atoms with van der Waals surface area (Å²) in [6.45, 7) is 0. The van der Waals surface area contributed by atoms with Gasteiger partial charge in [-0.1, -0.05) is 30.3 Å². The van der Waals surface area contributed by atoms with Gasteiger partial charge in [0.25, 0.3) is 11.1 Å². The van der Waals surface area contributed by atoms with Crippen molar-refractivity contribution >= 4 is 12.2 Å². The van der Waals surface area contributed by atoms with Crippen LogP contribution < -0.4 is 11.1 Å². The molecule has 0 bridgehead atoms. The smallest absolute Gasteiger partial charge is 0.274 e. The molecule has 2 aromatic heterocycles. The highest BCUT2D eigenvalue weighted by atomic mass is 16.3. The van der Waals surface area contributed by atoms with Gasteiger partial charge >= 0.3 is 0 Å². The molecule has 7 heteroatoms. The van der Waals surface area contributed by atoms with Crippen LogP contribution in [-0.2, 0) is 14.1 Å². The van der Waals surface area contributed by atoms with Crippen molar-refractivity contribution in [2.75, 3.05) is 0 Å². The van der Waals surface area contributed by atoms with Gasteiger partial charge in [-0.05, 0) is 36.4 Å². The molecule has 0 radical (unpaired) electrons. The predicted octanol–water partition coefficient (Wildman–Crippen LogP) is 3.11. The Balaban J connectivity index is 1.80. The number of phenolic OH excluding ortho intramolecular Hbond substituents is 1. The molecule has 0 aliphatic carbocycles. The highest BCUT2D eigenvalue weighted by Crippen LogP contribution is 2.23. The van der Waals surface area contributed by atoms with E-state index in [1.165, 1.54) is 9.36 Å². The second-order valence-electron chi connectivity index (χ2n) is 6.90. The fourth-order valence-electron chi connectivity index (χ4n) is 3.28.